The van der Waals surface area contributed by atoms with E-state index in [2.05, 4.69) is 34.9 Å². The summed E-state index contributed by atoms with van der Waals surface area (Å²) in [6, 6.07) is 7.73. The minimum absolute atomic E-state index is 0.181. The van der Waals surface area contributed by atoms with Gasteiger partial charge < -0.3 is 14.5 Å². The highest BCUT2D eigenvalue weighted by molar-refractivity contribution is 5.74. The van der Waals surface area contributed by atoms with Gasteiger partial charge in [-0.1, -0.05) is 32.3 Å². The molecule has 1 aromatic rings. The number of likely N-dealkylation sites (tertiary alicyclic amines) is 1. The third-order valence-corrected chi connectivity index (χ3v) is 7.33. The topological polar surface area (TPSA) is 36.0 Å². The highest BCUT2D eigenvalue weighted by Crippen LogP contribution is 2.43. The molecule has 1 aromatic carbocycles. The van der Waals surface area contributed by atoms with Crippen LogP contribution in [0, 0.1) is 5.92 Å². The van der Waals surface area contributed by atoms with Crippen LogP contribution in [0.2, 0.25) is 0 Å². The van der Waals surface area contributed by atoms with E-state index in [1.165, 1.54) is 36.8 Å². The number of rotatable bonds is 6. The van der Waals surface area contributed by atoms with Gasteiger partial charge in [0.1, 0.15) is 5.75 Å². The Morgan fingerprint density at radius 2 is 2.07 bits per heavy atom. The summed E-state index contributed by atoms with van der Waals surface area (Å²) in [5, 5.41) is 0. The fraction of sp³-hybridized carbons (Fsp3) is 0.720. The predicted octanol–water partition coefficient (Wildman–Crippen LogP) is 4.71. The minimum atomic E-state index is 0.181. The molecule has 0 aliphatic carbocycles. The van der Waals surface area contributed by atoms with Crippen molar-refractivity contribution >= 4 is 6.03 Å². The van der Waals surface area contributed by atoms with Crippen LogP contribution in [-0.2, 0) is 6.42 Å². The number of amides is 2. The Bertz CT molecular complexity index is 735. The number of urea groups is 1. The molecule has 5 nitrogen and oxygen atoms in total. The first-order chi connectivity index (χ1) is 14.6. The third kappa shape index (κ3) is 4.46. The normalized spacial score (nSPS) is 25.8. The van der Waals surface area contributed by atoms with Gasteiger partial charge >= 0.3 is 6.03 Å². The van der Waals surface area contributed by atoms with Gasteiger partial charge in [-0.2, -0.15) is 0 Å². The van der Waals surface area contributed by atoms with Crippen molar-refractivity contribution in [2.45, 2.75) is 70.4 Å². The van der Waals surface area contributed by atoms with Gasteiger partial charge in [0.2, 0.25) is 0 Å². The van der Waals surface area contributed by atoms with Crippen LogP contribution in [0.4, 0.5) is 4.79 Å². The largest absolute Gasteiger partial charge is 0.494 e. The number of fused-ring (bicyclic) bond motifs is 4. The molecule has 30 heavy (non-hydrogen) atoms. The Balaban J connectivity index is 1.46. The van der Waals surface area contributed by atoms with Crippen LogP contribution >= 0.6 is 0 Å². The number of piperidine rings is 2. The van der Waals surface area contributed by atoms with E-state index in [1.807, 2.05) is 14.1 Å². The van der Waals surface area contributed by atoms with Crippen LogP contribution in [0.1, 0.15) is 69.0 Å². The molecule has 0 bridgehead atoms. The van der Waals surface area contributed by atoms with E-state index in [0.29, 0.717) is 18.0 Å². The Labute approximate surface area is 182 Å². The fourth-order valence-electron chi connectivity index (χ4n) is 5.74. The summed E-state index contributed by atoms with van der Waals surface area (Å²) in [6.45, 7) is 6.22. The zero-order valence-electron chi connectivity index (χ0n) is 19.1. The second-order valence-corrected chi connectivity index (χ2v) is 9.61. The number of hydrogen-bond acceptors (Lipinski definition) is 3. The highest BCUT2D eigenvalue weighted by atomic mass is 16.5. The maximum absolute atomic E-state index is 12.8. The molecule has 3 heterocycles. The predicted molar refractivity (Wildman–Crippen MR) is 121 cm³/mol. The quantitative estimate of drug-likeness (QED) is 0.634. The number of nitrogens with zero attached hydrogens (tertiary/aromatic N) is 3. The molecule has 0 aromatic heterocycles. The molecule has 0 radical (unpaired) electrons. The van der Waals surface area contributed by atoms with Crippen LogP contribution in [0.25, 0.3) is 0 Å². The lowest BCUT2D eigenvalue weighted by molar-refractivity contribution is 0.00107. The molecule has 0 saturated carbocycles. The monoisotopic (exact) mass is 413 g/mol. The molecule has 3 aliphatic rings. The first-order valence-electron chi connectivity index (χ1n) is 12.1. The molecule has 3 unspecified atom stereocenters. The standard InChI is InChI=1S/C25H39N3O2/c1-4-5-6-7-15-30-21-10-11-22-19(16-21)12-14-27-18-20-9-8-13-28(25(29)26(2)3)23(20)17-24(22)27/h10-11,16,20,23-24H,4-9,12-15,17-18H2,1-3H3. The van der Waals surface area contributed by atoms with Crippen molar-refractivity contribution in [2.24, 2.45) is 5.92 Å². The summed E-state index contributed by atoms with van der Waals surface area (Å²) >= 11 is 0. The van der Waals surface area contributed by atoms with E-state index in [-0.39, 0.29) is 6.03 Å². The average molecular weight is 414 g/mol. The van der Waals surface area contributed by atoms with Gasteiger partial charge in [-0.05, 0) is 61.3 Å². The van der Waals surface area contributed by atoms with Gasteiger partial charge in [0.15, 0.2) is 0 Å². The molecular formula is C25H39N3O2. The lowest BCUT2D eigenvalue weighted by Crippen LogP contribution is -2.59. The summed E-state index contributed by atoms with van der Waals surface area (Å²) in [4.78, 5) is 19.4. The van der Waals surface area contributed by atoms with Crippen molar-refractivity contribution in [2.75, 3.05) is 40.3 Å². The number of unbranched alkanes of at least 4 members (excludes halogenated alkanes) is 3. The van der Waals surface area contributed by atoms with Crippen molar-refractivity contribution in [1.29, 1.82) is 0 Å². The number of carbonyl (C=O) groups is 1. The summed E-state index contributed by atoms with van der Waals surface area (Å²) in [5.74, 6) is 1.64. The lowest BCUT2D eigenvalue weighted by Gasteiger charge is -2.52. The van der Waals surface area contributed by atoms with Crippen molar-refractivity contribution in [3.8, 4) is 5.75 Å². The maximum atomic E-state index is 12.8. The van der Waals surface area contributed by atoms with Gasteiger partial charge in [0.05, 0.1) is 6.61 Å². The number of hydrogen-bond donors (Lipinski definition) is 0. The van der Waals surface area contributed by atoms with E-state index in [0.717, 1.165) is 57.7 Å². The molecule has 2 fully saturated rings. The summed E-state index contributed by atoms with van der Waals surface area (Å²) < 4.78 is 6.04. The molecule has 3 atom stereocenters. The van der Waals surface area contributed by atoms with Crippen molar-refractivity contribution in [1.82, 2.24) is 14.7 Å². The molecule has 0 spiro atoms. The van der Waals surface area contributed by atoms with Gasteiger partial charge in [0, 0.05) is 45.8 Å². The van der Waals surface area contributed by atoms with Crippen molar-refractivity contribution in [3.05, 3.63) is 29.3 Å². The summed E-state index contributed by atoms with van der Waals surface area (Å²) in [6.07, 6.45) is 9.50. The van der Waals surface area contributed by atoms with Crippen molar-refractivity contribution < 1.29 is 9.53 Å². The van der Waals surface area contributed by atoms with E-state index in [1.54, 1.807) is 4.90 Å². The molecular weight excluding hydrogens is 374 g/mol. The summed E-state index contributed by atoms with van der Waals surface area (Å²) in [7, 11) is 3.75. The highest BCUT2D eigenvalue weighted by Gasteiger charge is 2.44. The Hall–Kier alpha value is -1.75. The number of ether oxygens (including phenoxy) is 1. The van der Waals surface area contributed by atoms with E-state index < -0.39 is 0 Å². The summed E-state index contributed by atoms with van der Waals surface area (Å²) in [5.41, 5.74) is 2.91. The van der Waals surface area contributed by atoms with E-state index >= 15 is 0 Å². The van der Waals surface area contributed by atoms with Crippen LogP contribution < -0.4 is 4.74 Å². The smallest absolute Gasteiger partial charge is 0.319 e. The number of carbonyl (C=O) groups excluding carboxylic acids is 1. The maximum Gasteiger partial charge on any atom is 0.319 e. The molecule has 2 saturated heterocycles. The molecule has 3 aliphatic heterocycles. The first kappa shape index (κ1) is 21.5. The fourth-order valence-corrected chi connectivity index (χ4v) is 5.74. The van der Waals surface area contributed by atoms with Crippen LogP contribution in [-0.4, -0.2) is 67.1 Å². The van der Waals surface area contributed by atoms with Gasteiger partial charge in [-0.3, -0.25) is 4.90 Å². The Morgan fingerprint density at radius 1 is 1.20 bits per heavy atom. The second-order valence-electron chi connectivity index (χ2n) is 9.61. The van der Waals surface area contributed by atoms with Gasteiger partial charge in [0.25, 0.3) is 0 Å². The zero-order valence-corrected chi connectivity index (χ0v) is 19.1. The zero-order chi connectivity index (χ0) is 21.1. The van der Waals surface area contributed by atoms with Crippen LogP contribution in [0.3, 0.4) is 0 Å². The molecule has 166 valence electrons. The molecule has 2 amide bonds. The van der Waals surface area contributed by atoms with E-state index in [9.17, 15) is 4.79 Å². The minimum Gasteiger partial charge on any atom is -0.494 e. The first-order valence-corrected chi connectivity index (χ1v) is 12.1. The van der Waals surface area contributed by atoms with Crippen LogP contribution in [0.15, 0.2) is 18.2 Å². The SMILES string of the molecule is CCCCCCOc1ccc2c(c1)CCN1CC3CCCN(C(=O)N(C)C)C3CC21. The van der Waals surface area contributed by atoms with E-state index in [4.69, 9.17) is 4.74 Å². The molecule has 5 heteroatoms. The average Bonchev–Trinajstić information content (AvgIpc) is 2.76. The lowest BCUT2D eigenvalue weighted by atomic mass is 9.76. The molecule has 4 rings (SSSR count). The second kappa shape index (κ2) is 9.59. The molecule has 0 N–H and O–H groups in total. The van der Waals surface area contributed by atoms with Gasteiger partial charge in [-0.15, -0.1) is 0 Å². The Kier molecular flexibility index (Phi) is 6.87. The number of benzene rings is 1. The third-order valence-electron chi connectivity index (χ3n) is 7.33. The van der Waals surface area contributed by atoms with Crippen LogP contribution in [0.5, 0.6) is 5.75 Å². The van der Waals surface area contributed by atoms with Gasteiger partial charge in [-0.25, -0.2) is 4.79 Å². The van der Waals surface area contributed by atoms with Crippen molar-refractivity contribution in [3.63, 3.8) is 0 Å². The Morgan fingerprint density at radius 3 is 2.87 bits per heavy atom.